The van der Waals surface area contributed by atoms with E-state index < -0.39 is 11.6 Å². The number of halogens is 2. The molecular formula is C21H17F2NOS. The molecule has 1 aliphatic carbocycles. The van der Waals surface area contributed by atoms with Gasteiger partial charge >= 0.3 is 0 Å². The largest absolute Gasteiger partial charge is 0.493 e. The number of hydrogen-bond donors (Lipinski definition) is 0. The molecule has 0 aliphatic heterocycles. The molecule has 0 saturated heterocycles. The van der Waals surface area contributed by atoms with Gasteiger partial charge in [-0.1, -0.05) is 24.7 Å². The van der Waals surface area contributed by atoms with Crippen molar-refractivity contribution < 1.29 is 13.5 Å². The molecule has 0 amide bonds. The molecule has 0 unspecified atom stereocenters. The van der Waals surface area contributed by atoms with E-state index >= 15 is 0 Å². The number of nitrogens with zero attached hydrogens (tertiary/aromatic N) is 1. The van der Waals surface area contributed by atoms with E-state index in [1.165, 1.54) is 43.9 Å². The van der Waals surface area contributed by atoms with E-state index in [0.29, 0.717) is 23.8 Å². The Kier molecular flexibility index (Phi) is 6.15. The zero-order chi connectivity index (χ0) is 18.4. The minimum absolute atomic E-state index is 0.231. The van der Waals surface area contributed by atoms with Crippen molar-refractivity contribution in [2.75, 3.05) is 6.61 Å². The van der Waals surface area contributed by atoms with Crippen molar-refractivity contribution >= 4 is 11.8 Å². The second-order valence-electron chi connectivity index (χ2n) is 6.19. The smallest absolute Gasteiger partial charge is 0.142 e. The van der Waals surface area contributed by atoms with Gasteiger partial charge in [0.15, 0.2) is 0 Å². The molecule has 0 atom stereocenters. The SMILES string of the molecule is N#CSc1ccc(C#Cc2ccc(OCC3CCCC3)cc2F)cc1F. The number of benzene rings is 2. The zero-order valence-corrected chi connectivity index (χ0v) is 14.9. The normalized spacial score (nSPS) is 13.7. The van der Waals surface area contributed by atoms with E-state index in [2.05, 4.69) is 11.8 Å². The first-order valence-electron chi connectivity index (χ1n) is 8.45. The predicted molar refractivity (Wildman–Crippen MR) is 97.7 cm³/mol. The summed E-state index contributed by atoms with van der Waals surface area (Å²) in [5, 5.41) is 10.4. The molecule has 1 aliphatic rings. The minimum Gasteiger partial charge on any atom is -0.493 e. The van der Waals surface area contributed by atoms with E-state index in [-0.39, 0.29) is 10.5 Å². The zero-order valence-electron chi connectivity index (χ0n) is 14.1. The summed E-state index contributed by atoms with van der Waals surface area (Å²) in [6.07, 6.45) is 4.84. The number of ether oxygens (including phenoxy) is 1. The highest BCUT2D eigenvalue weighted by molar-refractivity contribution is 8.03. The Morgan fingerprint density at radius 3 is 2.54 bits per heavy atom. The van der Waals surface area contributed by atoms with Gasteiger partial charge in [-0.2, -0.15) is 5.26 Å². The fourth-order valence-corrected chi connectivity index (χ4v) is 3.32. The molecule has 0 aromatic heterocycles. The minimum atomic E-state index is -0.514. The lowest BCUT2D eigenvalue weighted by Gasteiger charge is -2.11. The van der Waals surface area contributed by atoms with Gasteiger partial charge in [0.05, 0.1) is 17.1 Å². The van der Waals surface area contributed by atoms with Crippen LogP contribution in [0.15, 0.2) is 41.3 Å². The molecule has 0 radical (unpaired) electrons. The number of thioether (sulfide) groups is 1. The summed E-state index contributed by atoms with van der Waals surface area (Å²) in [5.41, 5.74) is 0.653. The van der Waals surface area contributed by atoms with Crippen molar-refractivity contribution in [1.82, 2.24) is 0 Å². The van der Waals surface area contributed by atoms with Crippen molar-refractivity contribution in [3.05, 3.63) is 59.2 Å². The van der Waals surface area contributed by atoms with Crippen LogP contribution in [0, 0.1) is 40.1 Å². The van der Waals surface area contributed by atoms with Crippen LogP contribution >= 0.6 is 11.8 Å². The maximum atomic E-state index is 14.2. The highest BCUT2D eigenvalue weighted by atomic mass is 32.2. The van der Waals surface area contributed by atoms with Gasteiger partial charge in [0, 0.05) is 11.6 Å². The van der Waals surface area contributed by atoms with Crippen LogP contribution < -0.4 is 4.74 Å². The molecule has 0 spiro atoms. The molecule has 0 N–H and O–H groups in total. The van der Waals surface area contributed by atoms with E-state index in [0.717, 1.165) is 11.8 Å². The summed E-state index contributed by atoms with van der Waals surface area (Å²) in [6, 6.07) is 8.95. The van der Waals surface area contributed by atoms with Crippen LogP contribution in [0.4, 0.5) is 8.78 Å². The molecule has 1 saturated carbocycles. The first-order chi connectivity index (χ1) is 12.7. The molecule has 5 heteroatoms. The number of thiocyanates is 1. The van der Waals surface area contributed by atoms with Gasteiger partial charge in [0.25, 0.3) is 0 Å². The van der Waals surface area contributed by atoms with Crippen molar-refractivity contribution in [2.45, 2.75) is 30.6 Å². The van der Waals surface area contributed by atoms with Crippen molar-refractivity contribution in [2.24, 2.45) is 5.92 Å². The number of hydrogen-bond acceptors (Lipinski definition) is 3. The average molecular weight is 369 g/mol. The number of rotatable bonds is 4. The molecule has 3 rings (SSSR count). The third-order valence-corrected chi connectivity index (χ3v) is 4.97. The van der Waals surface area contributed by atoms with Crippen LogP contribution in [0.5, 0.6) is 5.75 Å². The molecule has 1 fully saturated rings. The summed E-state index contributed by atoms with van der Waals surface area (Å²) in [5.74, 6) is 5.55. The molecule has 2 aromatic rings. The van der Waals surface area contributed by atoms with E-state index in [9.17, 15) is 8.78 Å². The monoisotopic (exact) mass is 369 g/mol. The van der Waals surface area contributed by atoms with Crippen LogP contribution in [0.2, 0.25) is 0 Å². The Bertz CT molecular complexity index is 889. The quantitative estimate of drug-likeness (QED) is 0.405. The summed E-state index contributed by atoms with van der Waals surface area (Å²) in [4.78, 5) is 0.244. The molecule has 26 heavy (non-hydrogen) atoms. The lowest BCUT2D eigenvalue weighted by molar-refractivity contribution is 0.251. The lowest BCUT2D eigenvalue weighted by Crippen LogP contribution is -2.08. The van der Waals surface area contributed by atoms with Crippen molar-refractivity contribution in [1.29, 1.82) is 5.26 Å². The molecular weight excluding hydrogens is 352 g/mol. The Morgan fingerprint density at radius 2 is 1.85 bits per heavy atom. The lowest BCUT2D eigenvalue weighted by atomic mass is 10.1. The topological polar surface area (TPSA) is 33.0 Å². The maximum Gasteiger partial charge on any atom is 0.142 e. The maximum absolute atomic E-state index is 14.2. The van der Waals surface area contributed by atoms with Gasteiger partial charge in [0.2, 0.25) is 0 Å². The Balaban J connectivity index is 1.68. The second-order valence-corrected chi connectivity index (χ2v) is 7.02. The van der Waals surface area contributed by atoms with Gasteiger partial charge < -0.3 is 4.74 Å². The Morgan fingerprint density at radius 1 is 1.04 bits per heavy atom. The first kappa shape index (κ1) is 18.3. The molecule has 0 bridgehead atoms. The second kappa shape index (κ2) is 8.74. The highest BCUT2D eigenvalue weighted by Crippen LogP contribution is 2.26. The van der Waals surface area contributed by atoms with E-state index in [1.807, 2.05) is 5.40 Å². The number of nitriles is 1. The van der Waals surface area contributed by atoms with Crippen LogP contribution in [0.1, 0.15) is 36.8 Å². The fraction of sp³-hybridized carbons (Fsp3) is 0.286. The van der Waals surface area contributed by atoms with Crippen molar-refractivity contribution in [3.63, 3.8) is 0 Å². The molecule has 2 aromatic carbocycles. The molecule has 2 nitrogen and oxygen atoms in total. The fourth-order valence-electron chi connectivity index (χ4n) is 2.93. The van der Waals surface area contributed by atoms with E-state index in [1.54, 1.807) is 18.2 Å². The van der Waals surface area contributed by atoms with Gasteiger partial charge in [-0.15, -0.1) is 0 Å². The van der Waals surface area contributed by atoms with Crippen LogP contribution in [0.25, 0.3) is 0 Å². The summed E-state index contributed by atoms with van der Waals surface area (Å²) < 4.78 is 33.7. The third-order valence-electron chi connectivity index (χ3n) is 4.33. The Labute approximate surface area is 156 Å². The average Bonchev–Trinajstić information content (AvgIpc) is 3.15. The summed E-state index contributed by atoms with van der Waals surface area (Å²) in [7, 11) is 0. The van der Waals surface area contributed by atoms with Crippen LogP contribution in [0.3, 0.4) is 0 Å². The standard InChI is InChI=1S/C21H17F2NOS/c22-19-12-18(25-13-16-3-1-2-4-16)9-8-17(19)7-5-15-6-10-21(26-14-24)20(23)11-15/h6,8-12,16H,1-4,13H2. The van der Waals surface area contributed by atoms with Gasteiger partial charge in [0.1, 0.15) is 22.8 Å². The van der Waals surface area contributed by atoms with Gasteiger partial charge in [-0.25, -0.2) is 8.78 Å². The highest BCUT2D eigenvalue weighted by Gasteiger charge is 2.15. The van der Waals surface area contributed by atoms with Crippen LogP contribution in [-0.4, -0.2) is 6.61 Å². The molecule has 0 heterocycles. The molecule has 132 valence electrons. The Hall–Kier alpha value is -2.50. The van der Waals surface area contributed by atoms with Gasteiger partial charge in [-0.3, -0.25) is 0 Å². The van der Waals surface area contributed by atoms with E-state index in [4.69, 9.17) is 10.00 Å². The summed E-state index contributed by atoms with van der Waals surface area (Å²) >= 11 is 0.751. The first-order valence-corrected chi connectivity index (χ1v) is 9.27. The van der Waals surface area contributed by atoms with Crippen LogP contribution in [-0.2, 0) is 0 Å². The van der Waals surface area contributed by atoms with Crippen molar-refractivity contribution in [3.8, 4) is 23.0 Å². The summed E-state index contributed by atoms with van der Waals surface area (Å²) in [6.45, 7) is 0.622. The third kappa shape index (κ3) is 4.77. The van der Waals surface area contributed by atoms with Gasteiger partial charge in [-0.05, 0) is 60.9 Å². The predicted octanol–water partition coefficient (Wildman–Crippen LogP) is 5.51.